The number of nitrogens with zero attached hydrogens (tertiary/aromatic N) is 5. The van der Waals surface area contributed by atoms with Gasteiger partial charge in [-0.1, -0.05) is 6.07 Å². The fraction of sp³-hybridized carbons (Fsp3) is 0.292. The highest BCUT2D eigenvalue weighted by molar-refractivity contribution is 5.80. The maximum atomic E-state index is 13.3. The molecule has 0 spiro atoms. The van der Waals surface area contributed by atoms with E-state index in [1.807, 2.05) is 37.3 Å². The molecular weight excluding hydrogens is 420 g/mol. The summed E-state index contributed by atoms with van der Waals surface area (Å²) in [6, 6.07) is 11.2. The molecule has 4 heterocycles. The van der Waals surface area contributed by atoms with E-state index in [2.05, 4.69) is 25.3 Å². The van der Waals surface area contributed by atoms with Crippen molar-refractivity contribution in [1.82, 2.24) is 24.5 Å². The first-order valence-electron chi connectivity index (χ1n) is 10.8. The lowest BCUT2D eigenvalue weighted by Crippen LogP contribution is -2.26. The molecule has 4 rings (SSSR count). The number of methoxy groups -OCH3 is 1. The van der Waals surface area contributed by atoms with Crippen molar-refractivity contribution in [2.75, 3.05) is 25.6 Å². The van der Waals surface area contributed by atoms with Crippen molar-refractivity contribution in [2.24, 2.45) is 0 Å². The number of aryl methyl sites for hydroxylation is 1. The Hall–Kier alpha value is -3.85. The number of nitrogens with one attached hydrogen (secondary N) is 1. The van der Waals surface area contributed by atoms with E-state index in [0.717, 1.165) is 11.3 Å². The molecule has 0 saturated heterocycles. The highest BCUT2D eigenvalue weighted by Gasteiger charge is 2.13. The highest BCUT2D eigenvalue weighted by atomic mass is 16.5. The molecule has 0 aromatic carbocycles. The zero-order chi connectivity index (χ0) is 23.0. The smallest absolute Gasteiger partial charge is 0.293 e. The van der Waals surface area contributed by atoms with Gasteiger partial charge in [0.1, 0.15) is 5.52 Å². The second-order valence-corrected chi connectivity index (χ2v) is 7.29. The number of hydrogen-bond acceptors (Lipinski definition) is 8. The molecule has 0 aliphatic heterocycles. The van der Waals surface area contributed by atoms with E-state index in [-0.39, 0.29) is 11.4 Å². The number of pyridine rings is 3. The molecule has 9 heteroatoms. The lowest BCUT2D eigenvalue weighted by Gasteiger charge is -2.14. The molecule has 33 heavy (non-hydrogen) atoms. The summed E-state index contributed by atoms with van der Waals surface area (Å²) < 4.78 is 12.3. The van der Waals surface area contributed by atoms with E-state index < -0.39 is 0 Å². The van der Waals surface area contributed by atoms with Crippen molar-refractivity contribution < 1.29 is 9.47 Å². The van der Waals surface area contributed by atoms with Crippen LogP contribution in [0.25, 0.3) is 22.3 Å². The van der Waals surface area contributed by atoms with Gasteiger partial charge in [0, 0.05) is 43.8 Å². The van der Waals surface area contributed by atoms with Crippen LogP contribution < -0.4 is 15.6 Å². The molecule has 1 N–H and O–H groups in total. The Labute approximate surface area is 191 Å². The average Bonchev–Trinajstić information content (AvgIpc) is 2.87. The molecule has 0 bridgehead atoms. The van der Waals surface area contributed by atoms with Crippen LogP contribution in [0.15, 0.2) is 59.8 Å². The second kappa shape index (κ2) is 10.6. The molecule has 4 aromatic heterocycles. The van der Waals surface area contributed by atoms with Crippen LogP contribution in [0.1, 0.15) is 19.0 Å². The molecule has 9 nitrogen and oxygen atoms in total. The van der Waals surface area contributed by atoms with Gasteiger partial charge >= 0.3 is 0 Å². The number of fused-ring (bicyclic) bond motifs is 1. The van der Waals surface area contributed by atoms with Crippen molar-refractivity contribution in [3.63, 3.8) is 0 Å². The molecular formula is C24H26N6O3. The van der Waals surface area contributed by atoms with Crippen molar-refractivity contribution in [3.8, 4) is 17.1 Å². The SMILES string of the molecule is CCOCCCn1c(=O)c(NCc2ccccn2)nc2cnc(-c3ccc(OC)nc3)cc21. The van der Waals surface area contributed by atoms with E-state index in [4.69, 9.17) is 9.47 Å². The Morgan fingerprint density at radius 3 is 2.73 bits per heavy atom. The number of ether oxygens (including phenoxy) is 2. The summed E-state index contributed by atoms with van der Waals surface area (Å²) in [5.74, 6) is 0.794. The first-order valence-corrected chi connectivity index (χ1v) is 10.8. The van der Waals surface area contributed by atoms with Crippen LogP contribution in [0, 0.1) is 0 Å². The maximum Gasteiger partial charge on any atom is 0.293 e. The molecule has 170 valence electrons. The van der Waals surface area contributed by atoms with E-state index in [9.17, 15) is 4.79 Å². The minimum atomic E-state index is -0.195. The number of rotatable bonds is 10. The van der Waals surface area contributed by atoms with Crippen LogP contribution >= 0.6 is 0 Å². The van der Waals surface area contributed by atoms with Crippen LogP contribution in [0.4, 0.5) is 5.82 Å². The molecule has 0 saturated carbocycles. The summed E-state index contributed by atoms with van der Waals surface area (Å²) in [6.07, 6.45) is 5.80. The summed E-state index contributed by atoms with van der Waals surface area (Å²) in [7, 11) is 1.57. The van der Waals surface area contributed by atoms with E-state index >= 15 is 0 Å². The van der Waals surface area contributed by atoms with Crippen LogP contribution in [0.5, 0.6) is 5.88 Å². The van der Waals surface area contributed by atoms with Gasteiger partial charge in [0.25, 0.3) is 5.56 Å². The van der Waals surface area contributed by atoms with E-state index in [1.165, 1.54) is 0 Å². The Balaban J connectivity index is 1.71. The third kappa shape index (κ3) is 5.32. The molecule has 0 radical (unpaired) electrons. The van der Waals surface area contributed by atoms with Gasteiger partial charge in [0.05, 0.1) is 36.8 Å². The van der Waals surface area contributed by atoms with Crippen molar-refractivity contribution in [1.29, 1.82) is 0 Å². The van der Waals surface area contributed by atoms with E-state index in [1.54, 1.807) is 36.3 Å². The largest absolute Gasteiger partial charge is 0.481 e. The minimum Gasteiger partial charge on any atom is -0.481 e. The predicted molar refractivity (Wildman–Crippen MR) is 126 cm³/mol. The number of aromatic nitrogens is 5. The maximum absolute atomic E-state index is 13.3. The van der Waals surface area contributed by atoms with Crippen molar-refractivity contribution in [2.45, 2.75) is 26.4 Å². The minimum absolute atomic E-state index is 0.195. The third-order valence-electron chi connectivity index (χ3n) is 5.11. The van der Waals surface area contributed by atoms with E-state index in [0.29, 0.717) is 55.3 Å². The lowest BCUT2D eigenvalue weighted by atomic mass is 10.2. The summed E-state index contributed by atoms with van der Waals surface area (Å²) in [6.45, 7) is 4.07. The van der Waals surface area contributed by atoms with Gasteiger partial charge in [0.2, 0.25) is 5.88 Å². The normalized spacial score (nSPS) is 11.0. The Bertz CT molecular complexity index is 1260. The topological polar surface area (TPSA) is 104 Å². The molecule has 0 aliphatic rings. The molecule has 0 fully saturated rings. The van der Waals surface area contributed by atoms with Gasteiger partial charge < -0.3 is 19.4 Å². The molecule has 0 aliphatic carbocycles. The zero-order valence-corrected chi connectivity index (χ0v) is 18.7. The molecule has 0 atom stereocenters. The lowest BCUT2D eigenvalue weighted by molar-refractivity contribution is 0.141. The predicted octanol–water partition coefficient (Wildman–Crippen LogP) is 3.30. The fourth-order valence-electron chi connectivity index (χ4n) is 3.44. The van der Waals surface area contributed by atoms with Gasteiger partial charge in [-0.25, -0.2) is 9.97 Å². The average molecular weight is 447 g/mol. The zero-order valence-electron chi connectivity index (χ0n) is 18.7. The van der Waals surface area contributed by atoms with Gasteiger partial charge in [0.15, 0.2) is 5.82 Å². The Morgan fingerprint density at radius 2 is 2.00 bits per heavy atom. The molecule has 0 amide bonds. The number of hydrogen-bond donors (Lipinski definition) is 1. The van der Waals surface area contributed by atoms with Crippen LogP contribution in [0.3, 0.4) is 0 Å². The quantitative estimate of drug-likeness (QED) is 0.370. The summed E-state index contributed by atoms with van der Waals surface area (Å²) in [4.78, 5) is 31.0. The third-order valence-corrected chi connectivity index (χ3v) is 5.11. The standard InChI is InChI=1S/C24H26N6O3/c1-3-33-12-6-11-30-21-13-19(17-8-9-22(32-2)27-14-17)26-16-20(21)29-23(24(30)31)28-15-18-7-4-5-10-25-18/h4-5,7-10,13-14,16H,3,6,11-12,15H2,1-2H3,(H,28,29). The fourth-order valence-corrected chi connectivity index (χ4v) is 3.44. The highest BCUT2D eigenvalue weighted by Crippen LogP contribution is 2.22. The summed E-state index contributed by atoms with van der Waals surface area (Å²) >= 11 is 0. The van der Waals surface area contributed by atoms with Crippen LogP contribution in [-0.2, 0) is 17.8 Å². The van der Waals surface area contributed by atoms with Crippen LogP contribution in [0.2, 0.25) is 0 Å². The van der Waals surface area contributed by atoms with Gasteiger partial charge in [-0.15, -0.1) is 0 Å². The summed E-state index contributed by atoms with van der Waals surface area (Å²) in [5, 5.41) is 3.13. The molecule has 4 aromatic rings. The second-order valence-electron chi connectivity index (χ2n) is 7.29. The van der Waals surface area contributed by atoms with Crippen molar-refractivity contribution >= 4 is 16.9 Å². The molecule has 0 unspecified atom stereocenters. The first kappa shape index (κ1) is 22.3. The van der Waals surface area contributed by atoms with Crippen molar-refractivity contribution in [3.05, 3.63) is 71.0 Å². The first-order chi connectivity index (χ1) is 16.2. The Kier molecular flexibility index (Phi) is 7.21. The van der Waals surface area contributed by atoms with Gasteiger partial charge in [-0.3, -0.25) is 14.8 Å². The Morgan fingerprint density at radius 1 is 1.09 bits per heavy atom. The van der Waals surface area contributed by atoms with Gasteiger partial charge in [-0.05, 0) is 37.6 Å². The summed E-state index contributed by atoms with van der Waals surface area (Å²) in [5.41, 5.74) is 3.48. The van der Waals surface area contributed by atoms with Gasteiger partial charge in [-0.2, -0.15) is 0 Å². The number of anilines is 1. The monoisotopic (exact) mass is 446 g/mol. The van der Waals surface area contributed by atoms with Crippen LogP contribution in [-0.4, -0.2) is 44.8 Å².